The lowest BCUT2D eigenvalue weighted by Crippen LogP contribution is -2.12. The van der Waals surface area contributed by atoms with Crippen molar-refractivity contribution in [2.45, 2.75) is 6.92 Å². The number of hydrogen-bond acceptors (Lipinski definition) is 3. The lowest BCUT2D eigenvalue weighted by Gasteiger charge is -2.09. The molecule has 0 bridgehead atoms. The van der Waals surface area contributed by atoms with Crippen molar-refractivity contribution >= 4 is 45.1 Å². The van der Waals surface area contributed by atoms with Crippen molar-refractivity contribution in [1.82, 2.24) is 4.98 Å². The molecular formula is C25H17ClN2O2. The van der Waals surface area contributed by atoms with Gasteiger partial charge in [0.15, 0.2) is 5.58 Å². The van der Waals surface area contributed by atoms with E-state index in [0.717, 1.165) is 21.9 Å². The molecule has 1 heterocycles. The van der Waals surface area contributed by atoms with Crippen LogP contribution in [-0.2, 0) is 0 Å². The number of carbonyl (C=O) groups excluding carboxylic acids is 1. The summed E-state index contributed by atoms with van der Waals surface area (Å²) in [7, 11) is 0. The number of halogens is 1. The lowest BCUT2D eigenvalue weighted by molar-refractivity contribution is 0.102. The van der Waals surface area contributed by atoms with E-state index < -0.39 is 0 Å². The molecule has 0 atom stereocenters. The summed E-state index contributed by atoms with van der Waals surface area (Å²) in [5, 5.41) is 5.24. The molecular weight excluding hydrogens is 396 g/mol. The van der Waals surface area contributed by atoms with Gasteiger partial charge in [0.25, 0.3) is 5.91 Å². The van der Waals surface area contributed by atoms with E-state index in [2.05, 4.69) is 10.3 Å². The number of nitrogens with one attached hydrogen (secondary N) is 1. The third-order valence-electron chi connectivity index (χ3n) is 5.13. The summed E-state index contributed by atoms with van der Waals surface area (Å²) in [6.45, 7) is 2.02. The van der Waals surface area contributed by atoms with Gasteiger partial charge in [0.05, 0.1) is 0 Å². The van der Waals surface area contributed by atoms with Crippen LogP contribution in [0, 0.1) is 6.92 Å². The van der Waals surface area contributed by atoms with Crippen LogP contribution in [0.5, 0.6) is 0 Å². The topological polar surface area (TPSA) is 55.1 Å². The van der Waals surface area contributed by atoms with E-state index in [9.17, 15) is 4.79 Å². The molecule has 1 N–H and O–H groups in total. The molecule has 4 aromatic carbocycles. The average Bonchev–Trinajstić information content (AvgIpc) is 3.17. The zero-order valence-electron chi connectivity index (χ0n) is 16.1. The van der Waals surface area contributed by atoms with E-state index in [0.29, 0.717) is 33.3 Å². The highest BCUT2D eigenvalue weighted by Gasteiger charge is 2.14. The first-order valence-corrected chi connectivity index (χ1v) is 9.93. The maximum atomic E-state index is 12.9. The molecule has 0 aliphatic heterocycles. The van der Waals surface area contributed by atoms with Gasteiger partial charge in [0, 0.05) is 27.2 Å². The Kier molecular flexibility index (Phi) is 4.49. The molecule has 0 radical (unpaired) electrons. The van der Waals surface area contributed by atoms with E-state index in [-0.39, 0.29) is 5.91 Å². The molecule has 5 heteroatoms. The quantitative estimate of drug-likeness (QED) is 0.352. The van der Waals surface area contributed by atoms with Crippen LogP contribution in [0.25, 0.3) is 33.3 Å². The first kappa shape index (κ1) is 18.4. The predicted molar refractivity (Wildman–Crippen MR) is 121 cm³/mol. The minimum atomic E-state index is -0.204. The second-order valence-corrected chi connectivity index (χ2v) is 7.52. The molecule has 4 nitrogen and oxygen atoms in total. The molecule has 146 valence electrons. The highest BCUT2D eigenvalue weighted by atomic mass is 35.5. The van der Waals surface area contributed by atoms with Crippen LogP contribution in [0.2, 0.25) is 5.02 Å². The number of aromatic nitrogens is 1. The summed E-state index contributed by atoms with van der Waals surface area (Å²) < 4.78 is 5.91. The first-order chi connectivity index (χ1) is 14.6. The van der Waals surface area contributed by atoms with E-state index in [1.165, 1.54) is 0 Å². The fraction of sp³-hybridized carbons (Fsp3) is 0.0400. The number of rotatable bonds is 3. The highest BCUT2D eigenvalue weighted by molar-refractivity contribution is 6.36. The van der Waals surface area contributed by atoms with Crippen LogP contribution in [0.15, 0.2) is 83.3 Å². The Bertz CT molecular complexity index is 1420. The van der Waals surface area contributed by atoms with Crippen LogP contribution in [0.3, 0.4) is 0 Å². The summed E-state index contributed by atoms with van der Waals surface area (Å²) >= 11 is 6.27. The van der Waals surface area contributed by atoms with Crippen molar-refractivity contribution in [3.8, 4) is 11.5 Å². The Morgan fingerprint density at radius 1 is 0.933 bits per heavy atom. The van der Waals surface area contributed by atoms with Gasteiger partial charge in [0.1, 0.15) is 5.52 Å². The zero-order valence-corrected chi connectivity index (χ0v) is 16.9. The molecule has 1 amide bonds. The van der Waals surface area contributed by atoms with Crippen LogP contribution >= 0.6 is 11.6 Å². The van der Waals surface area contributed by atoms with Crippen molar-refractivity contribution in [3.05, 3.63) is 95.0 Å². The number of benzene rings is 4. The second-order valence-electron chi connectivity index (χ2n) is 7.11. The average molecular weight is 413 g/mol. The monoisotopic (exact) mass is 412 g/mol. The van der Waals surface area contributed by atoms with Gasteiger partial charge in [-0.15, -0.1) is 0 Å². The van der Waals surface area contributed by atoms with Gasteiger partial charge >= 0.3 is 0 Å². The number of anilines is 1. The Labute approximate surface area is 178 Å². The molecule has 5 aromatic rings. The standard InChI is InChI=1S/C25H17ClN2O2/c1-15-6-2-3-7-17(15)25-28-22-14-16(12-13-23(22)30-25)27-24(29)20-10-4-9-19-18(20)8-5-11-21(19)26/h2-14H,1H3,(H,27,29). The Morgan fingerprint density at radius 2 is 1.73 bits per heavy atom. The number of nitrogens with zero attached hydrogens (tertiary/aromatic N) is 1. The minimum absolute atomic E-state index is 0.204. The van der Waals surface area contributed by atoms with Crippen molar-refractivity contribution in [2.24, 2.45) is 0 Å². The van der Waals surface area contributed by atoms with Crippen LogP contribution in [0.1, 0.15) is 15.9 Å². The fourth-order valence-corrected chi connectivity index (χ4v) is 3.84. The number of aryl methyl sites for hydroxylation is 1. The highest BCUT2D eigenvalue weighted by Crippen LogP contribution is 2.29. The molecule has 0 spiro atoms. The number of carbonyl (C=O) groups is 1. The molecule has 0 unspecified atom stereocenters. The van der Waals surface area contributed by atoms with E-state index in [4.69, 9.17) is 16.0 Å². The van der Waals surface area contributed by atoms with E-state index in [1.807, 2.05) is 79.7 Å². The normalized spacial score (nSPS) is 11.1. The lowest BCUT2D eigenvalue weighted by atomic mass is 10.0. The van der Waals surface area contributed by atoms with Gasteiger partial charge in [-0.3, -0.25) is 4.79 Å². The van der Waals surface area contributed by atoms with Crippen LogP contribution in [-0.4, -0.2) is 10.9 Å². The predicted octanol–water partition coefficient (Wildman–Crippen LogP) is 6.86. The molecule has 1 aromatic heterocycles. The number of hydrogen-bond donors (Lipinski definition) is 1. The third kappa shape index (κ3) is 3.21. The second kappa shape index (κ2) is 7.32. The summed E-state index contributed by atoms with van der Waals surface area (Å²) in [5.74, 6) is 0.361. The fourth-order valence-electron chi connectivity index (χ4n) is 3.60. The smallest absolute Gasteiger partial charge is 0.256 e. The first-order valence-electron chi connectivity index (χ1n) is 9.55. The van der Waals surface area contributed by atoms with Crippen molar-refractivity contribution in [2.75, 3.05) is 5.32 Å². The van der Waals surface area contributed by atoms with Gasteiger partial charge in [-0.05, 0) is 54.3 Å². The molecule has 30 heavy (non-hydrogen) atoms. The minimum Gasteiger partial charge on any atom is -0.436 e. The van der Waals surface area contributed by atoms with Gasteiger partial charge in [-0.25, -0.2) is 4.98 Å². The summed E-state index contributed by atoms with van der Waals surface area (Å²) in [6.07, 6.45) is 0. The molecule has 0 aliphatic rings. The Morgan fingerprint density at radius 3 is 2.60 bits per heavy atom. The van der Waals surface area contributed by atoms with Crippen molar-refractivity contribution in [3.63, 3.8) is 0 Å². The van der Waals surface area contributed by atoms with Gasteiger partial charge < -0.3 is 9.73 Å². The molecule has 0 aliphatic carbocycles. The van der Waals surface area contributed by atoms with Crippen LogP contribution in [0.4, 0.5) is 5.69 Å². The zero-order chi connectivity index (χ0) is 20.7. The molecule has 0 fully saturated rings. The number of amides is 1. The largest absolute Gasteiger partial charge is 0.436 e. The number of fused-ring (bicyclic) bond motifs is 2. The molecule has 0 saturated heterocycles. The van der Waals surface area contributed by atoms with Crippen molar-refractivity contribution < 1.29 is 9.21 Å². The molecule has 5 rings (SSSR count). The third-order valence-corrected chi connectivity index (χ3v) is 5.46. The van der Waals surface area contributed by atoms with Gasteiger partial charge in [-0.2, -0.15) is 0 Å². The Balaban J connectivity index is 1.48. The maximum absolute atomic E-state index is 12.9. The maximum Gasteiger partial charge on any atom is 0.256 e. The van der Waals surface area contributed by atoms with Crippen molar-refractivity contribution in [1.29, 1.82) is 0 Å². The van der Waals surface area contributed by atoms with E-state index in [1.54, 1.807) is 6.07 Å². The SMILES string of the molecule is Cc1ccccc1-c1nc2cc(NC(=O)c3cccc4c(Cl)cccc34)ccc2o1. The van der Waals surface area contributed by atoms with Crippen LogP contribution < -0.4 is 5.32 Å². The summed E-state index contributed by atoms with van der Waals surface area (Å²) in [4.78, 5) is 17.6. The Hall–Kier alpha value is -3.63. The molecule has 0 saturated carbocycles. The van der Waals surface area contributed by atoms with Gasteiger partial charge in [-0.1, -0.05) is 54.1 Å². The van der Waals surface area contributed by atoms with E-state index >= 15 is 0 Å². The summed E-state index contributed by atoms with van der Waals surface area (Å²) in [6, 6.07) is 24.5. The van der Waals surface area contributed by atoms with Gasteiger partial charge in [0.2, 0.25) is 5.89 Å². The summed E-state index contributed by atoms with van der Waals surface area (Å²) in [5.41, 5.74) is 4.61. The number of oxazole rings is 1.